The Kier molecular flexibility index (Phi) is 20.7. The van der Waals surface area contributed by atoms with E-state index in [4.69, 9.17) is 79.1 Å². The van der Waals surface area contributed by atoms with E-state index in [0.717, 1.165) is 0 Å². The van der Waals surface area contributed by atoms with Crippen molar-refractivity contribution in [2.45, 2.75) is 0 Å². The molecule has 0 aromatic carbocycles. The molecule has 0 radical (unpaired) electrons. The maximum atomic E-state index is 11.1. The lowest BCUT2D eigenvalue weighted by molar-refractivity contribution is -0.360. The Hall–Kier alpha value is -2.14. The van der Waals surface area contributed by atoms with Crippen LogP contribution in [0.3, 0.4) is 0 Å². The minimum atomic E-state index is -6.47. The van der Waals surface area contributed by atoms with Gasteiger partial charge in [0.05, 0.1) is 20.1 Å². The van der Waals surface area contributed by atoms with Crippen LogP contribution in [0.15, 0.2) is 73.3 Å². The zero-order chi connectivity index (χ0) is 43.2. The number of aromatic amines is 4. The van der Waals surface area contributed by atoms with E-state index >= 15 is 0 Å². The number of hydrogen-bond acceptors (Lipinski definition) is 20. The first-order valence-corrected chi connectivity index (χ1v) is 23.6. The summed E-state index contributed by atoms with van der Waals surface area (Å²) in [6, 6.07) is 13.8. The second-order valence-electron chi connectivity index (χ2n) is 9.06. The molecule has 4 atom stereocenters. The quantitative estimate of drug-likeness (QED) is 0.134. The number of pyridine rings is 4. The molecule has 0 amide bonds. The van der Waals surface area contributed by atoms with Crippen LogP contribution in [0, 0.1) is 0 Å². The van der Waals surface area contributed by atoms with Crippen molar-refractivity contribution in [3.63, 3.8) is 0 Å². The Morgan fingerprint density at radius 2 is 0.589 bits per heavy atom. The average Bonchev–Trinajstić information content (AvgIpc) is 3.00. The second kappa shape index (κ2) is 22.3. The molecule has 26 nitrogen and oxygen atoms in total. The molecule has 1 saturated heterocycles. The highest BCUT2D eigenvalue weighted by Gasteiger charge is 2.42. The molecule has 0 saturated carbocycles. The first-order chi connectivity index (χ1) is 25.4. The SMILES string of the molecule is Nc1ccc(Cl)c[nH+]1.Nc1ccc(Cl)c[nH+]1.Nc1ccc(Cl)c[nH+]1.Nc1ccc(Cl)c[nH+]1.O=P1([O-])OP(=O)([O-])OP(=O)(O)OP(=O)([O-])OP(=O)([O-])OP(=O)(O)O1. The molecule has 4 aromatic rings. The summed E-state index contributed by atoms with van der Waals surface area (Å²) < 4.78 is 84.6. The number of H-pyrrole nitrogens is 4. The molecule has 4 unspecified atom stereocenters. The van der Waals surface area contributed by atoms with Crippen LogP contribution in [0.4, 0.5) is 23.3 Å². The fourth-order valence-electron chi connectivity index (χ4n) is 2.51. The van der Waals surface area contributed by atoms with Gasteiger partial charge in [-0.25, -0.2) is 54.9 Å². The van der Waals surface area contributed by atoms with Gasteiger partial charge in [0.15, 0.2) is 0 Å². The van der Waals surface area contributed by atoms with E-state index in [0.29, 0.717) is 43.4 Å². The number of aromatic nitrogens is 4. The predicted molar refractivity (Wildman–Crippen MR) is 186 cm³/mol. The van der Waals surface area contributed by atoms with Crippen molar-refractivity contribution in [1.29, 1.82) is 0 Å². The second-order valence-corrected chi connectivity index (χ2v) is 20.2. The van der Waals surface area contributed by atoms with Gasteiger partial charge in [0.2, 0.25) is 0 Å². The molecule has 0 bridgehead atoms. The zero-order valence-corrected chi connectivity index (χ0v) is 35.2. The Morgan fingerprint density at radius 3 is 0.714 bits per heavy atom. The number of phosphoric acid groups is 6. The van der Waals surface area contributed by atoms with E-state index in [9.17, 15) is 47.0 Å². The predicted octanol–water partition coefficient (Wildman–Crippen LogP) is 1.12. The van der Waals surface area contributed by atoms with Crippen molar-refractivity contribution >= 4 is 117 Å². The molecule has 1 aliphatic rings. The van der Waals surface area contributed by atoms with Crippen molar-refractivity contribution in [2.75, 3.05) is 22.9 Å². The molecule has 14 N–H and O–H groups in total. The number of rotatable bonds is 0. The van der Waals surface area contributed by atoms with Gasteiger partial charge in [0.1, 0.15) is 24.8 Å². The van der Waals surface area contributed by atoms with Crippen LogP contribution in [-0.2, 0) is 53.3 Å². The molecule has 1 fully saturated rings. The third-order valence-electron chi connectivity index (χ3n) is 4.41. The molecule has 36 heteroatoms. The van der Waals surface area contributed by atoms with Gasteiger partial charge in [0, 0.05) is 24.3 Å². The van der Waals surface area contributed by atoms with Gasteiger partial charge in [-0.3, -0.25) is 41.2 Å². The smallest absolute Gasteiger partial charge is 0.485 e. The standard InChI is InChI=1S/4C5H5ClN2.H6O18P6/c4*6-4-1-2-5(7)8-3-4;1-19(2)13-20(3,4)15-22(7,8)17-24(11,12)18-23(9,10)16-21(5,6)14-19/h4*1-3H,(H2,7,8);(H,1,2)(H,3,4)(H,5,6)(H,7,8)(H,9,10)(H,11,12). The van der Waals surface area contributed by atoms with Crippen molar-refractivity contribution in [3.05, 3.63) is 93.4 Å². The minimum Gasteiger partial charge on any atom is -0.756 e. The van der Waals surface area contributed by atoms with Crippen LogP contribution in [0.5, 0.6) is 0 Å². The lowest BCUT2D eigenvalue weighted by atomic mass is 10.5. The molecule has 0 spiro atoms. The zero-order valence-electron chi connectivity index (χ0n) is 26.9. The highest BCUT2D eigenvalue weighted by molar-refractivity contribution is 7.74. The third-order valence-corrected chi connectivity index (χ3v) is 15.1. The molecule has 4 aromatic heterocycles. The number of anilines is 4. The van der Waals surface area contributed by atoms with Crippen LogP contribution in [0.1, 0.15) is 0 Å². The summed E-state index contributed by atoms with van der Waals surface area (Å²) in [7, 11) is -38.4. The lowest BCUT2D eigenvalue weighted by Gasteiger charge is -2.36. The van der Waals surface area contributed by atoms with E-state index in [-0.39, 0.29) is 0 Å². The van der Waals surface area contributed by atoms with Crippen LogP contribution in [-0.4, -0.2) is 9.79 Å². The van der Waals surface area contributed by atoms with Gasteiger partial charge >= 0.3 is 15.6 Å². The van der Waals surface area contributed by atoms with Crippen LogP contribution in [0.25, 0.3) is 0 Å². The van der Waals surface area contributed by atoms with Gasteiger partial charge in [-0.2, -0.15) is 0 Å². The molecule has 56 heavy (non-hydrogen) atoms. The fourth-order valence-corrected chi connectivity index (χ4v) is 11.3. The van der Waals surface area contributed by atoms with Gasteiger partial charge in [-0.15, -0.1) is 0 Å². The Morgan fingerprint density at radius 1 is 0.411 bits per heavy atom. The molecular formula is C20H26Cl4N8O18P6. The Bertz CT molecular complexity index is 1700. The van der Waals surface area contributed by atoms with E-state index in [1.165, 1.54) is 0 Å². The molecule has 5 rings (SSSR count). The topological polar surface area (TPSA) is 451 Å². The lowest BCUT2D eigenvalue weighted by Crippen LogP contribution is -2.17. The van der Waals surface area contributed by atoms with Gasteiger partial charge < -0.3 is 29.4 Å². The summed E-state index contributed by atoms with van der Waals surface area (Å²) in [5.41, 5.74) is 21.2. The highest BCUT2D eigenvalue weighted by Crippen LogP contribution is 2.76. The molecule has 312 valence electrons. The number of halogens is 4. The van der Waals surface area contributed by atoms with Crippen LogP contribution < -0.4 is 62.4 Å². The Balaban J connectivity index is 0.000000397. The monoisotopic (exact) mass is 992 g/mol. The van der Waals surface area contributed by atoms with Crippen LogP contribution >= 0.6 is 93.3 Å². The maximum Gasteiger partial charge on any atom is 0.485 e. The number of nitrogens with two attached hydrogens (primary N) is 4. The van der Waals surface area contributed by atoms with Gasteiger partial charge in [0.25, 0.3) is 54.6 Å². The summed E-state index contributed by atoms with van der Waals surface area (Å²) >= 11 is 22.1. The summed E-state index contributed by atoms with van der Waals surface area (Å²) in [6.07, 6.45) is 6.54. The van der Waals surface area contributed by atoms with E-state index < -0.39 is 46.9 Å². The summed E-state index contributed by atoms with van der Waals surface area (Å²) in [5.74, 6) is 2.48. The minimum absolute atomic E-state index is 0.620. The summed E-state index contributed by atoms with van der Waals surface area (Å²) in [4.78, 5) is 72.7. The number of nitrogens with one attached hydrogen (secondary N) is 4. The van der Waals surface area contributed by atoms with Gasteiger partial charge in [-0.1, -0.05) is 46.4 Å². The van der Waals surface area contributed by atoms with Gasteiger partial charge in [-0.05, 0) is 24.3 Å². The molecule has 1 aliphatic heterocycles. The van der Waals surface area contributed by atoms with E-state index in [1.54, 1.807) is 73.3 Å². The number of hydrogen-bond donors (Lipinski definition) is 6. The first-order valence-electron chi connectivity index (χ1n) is 13.3. The van der Waals surface area contributed by atoms with Crippen molar-refractivity contribution in [3.8, 4) is 0 Å². The summed E-state index contributed by atoms with van der Waals surface area (Å²) in [6.45, 7) is 0. The molecule has 5 heterocycles. The van der Waals surface area contributed by atoms with E-state index in [1.807, 2.05) is 0 Å². The van der Waals surface area contributed by atoms with Crippen molar-refractivity contribution in [2.24, 2.45) is 0 Å². The normalized spacial score (nSPS) is 28.9. The number of nitrogen functional groups attached to an aromatic ring is 4. The largest absolute Gasteiger partial charge is 0.756 e. The van der Waals surface area contributed by atoms with Crippen LogP contribution in [0.2, 0.25) is 20.1 Å². The average molecular weight is 994 g/mol. The highest BCUT2D eigenvalue weighted by atomic mass is 35.5. The van der Waals surface area contributed by atoms with E-state index in [2.05, 4.69) is 45.8 Å². The third kappa shape index (κ3) is 24.6. The fraction of sp³-hybridized carbons (Fsp3) is 0. The Labute approximate surface area is 334 Å². The van der Waals surface area contributed by atoms with Crippen molar-refractivity contribution < 1.29 is 103 Å². The van der Waals surface area contributed by atoms with Crippen molar-refractivity contribution in [1.82, 2.24) is 0 Å². The first kappa shape index (κ1) is 51.9. The molecule has 0 aliphatic carbocycles. The molecular weight excluding hydrogens is 968 g/mol. The maximum absolute atomic E-state index is 11.1. The summed E-state index contributed by atoms with van der Waals surface area (Å²) in [5, 5.41) is 2.66.